The van der Waals surface area contributed by atoms with Gasteiger partial charge in [0.2, 0.25) is 0 Å². The van der Waals surface area contributed by atoms with E-state index in [0.29, 0.717) is 17.4 Å². The molecule has 2 nitrogen and oxygen atoms in total. The Kier molecular flexibility index (Phi) is 18.8. The third-order valence-corrected chi connectivity index (χ3v) is 13.9. The summed E-state index contributed by atoms with van der Waals surface area (Å²) in [5, 5.41) is 23.6. The average Bonchev–Trinajstić information content (AvgIpc) is 3.59. The third-order valence-electron chi connectivity index (χ3n) is 13.9. The summed E-state index contributed by atoms with van der Waals surface area (Å²) in [6.45, 7) is 4.19. The molecule has 79 heavy (non-hydrogen) atoms. The first-order valence-electron chi connectivity index (χ1n) is 26.5. The number of hydrogen-bond donors (Lipinski definition) is 2. The molecule has 0 aliphatic heterocycles. The van der Waals surface area contributed by atoms with Crippen molar-refractivity contribution >= 4 is 0 Å². The molecule has 0 aromatic heterocycles. The molecule has 12 rings (SSSR count). The normalized spacial score (nSPS) is 10.8. The monoisotopic (exact) mass is 1050 g/mol. The summed E-state index contributed by atoms with van der Waals surface area (Å²) in [4.78, 5) is 0. The summed E-state index contributed by atoms with van der Waals surface area (Å²) in [5.41, 5.74) is 18.3. The second-order valence-corrected chi connectivity index (χ2v) is 19.0. The van der Waals surface area contributed by atoms with Gasteiger partial charge in [-0.15, -0.1) is 18.6 Å². The maximum Gasteiger partial charge on any atom is 2.00 e. The topological polar surface area (TPSA) is 40.5 Å². The molecule has 0 bridgehead atoms. The summed E-state index contributed by atoms with van der Waals surface area (Å²) in [6, 6.07) is 107. The largest absolute Gasteiger partial charge is 2.00 e. The Hall–Kier alpha value is -9.18. The molecule has 0 aliphatic rings. The SMILES string of the molecule is Oc1c(-c2ccccc2)c(-c2ccccc2)cc(-c2ccccc2)c1-c1ccccc1.Oc1c(-c2ccccc2)c(-c2ccccc2)cc(-c2ccccc2)c1-c1ccccc1.[CH2-]C(C[CH-]c1ccccc1)c1ccccc1.[Ti+2]. The van der Waals surface area contributed by atoms with Crippen LogP contribution in [0.25, 0.3) is 89.0 Å². The fraction of sp³-hybridized carbons (Fsp3) is 0.0263. The van der Waals surface area contributed by atoms with Crippen molar-refractivity contribution < 1.29 is 31.9 Å². The van der Waals surface area contributed by atoms with Gasteiger partial charge >= 0.3 is 21.7 Å². The molecule has 0 heterocycles. The summed E-state index contributed by atoms with van der Waals surface area (Å²) >= 11 is 0. The molecule has 1 atom stereocenters. The van der Waals surface area contributed by atoms with Crippen molar-refractivity contribution in [2.24, 2.45) is 0 Å². The van der Waals surface area contributed by atoms with Crippen molar-refractivity contribution in [3.05, 3.63) is 340 Å². The van der Waals surface area contributed by atoms with Crippen LogP contribution in [0.5, 0.6) is 11.5 Å². The van der Waals surface area contributed by atoms with Gasteiger partial charge in [-0.1, -0.05) is 285 Å². The first-order chi connectivity index (χ1) is 38.5. The van der Waals surface area contributed by atoms with E-state index < -0.39 is 0 Å². The Bertz CT molecular complexity index is 3340. The number of rotatable bonds is 12. The van der Waals surface area contributed by atoms with Gasteiger partial charge in [-0.3, -0.25) is 0 Å². The van der Waals surface area contributed by atoms with Crippen molar-refractivity contribution in [2.75, 3.05) is 0 Å². The average molecular weight is 1050 g/mol. The van der Waals surface area contributed by atoms with Gasteiger partial charge in [-0.2, -0.15) is 30.0 Å². The van der Waals surface area contributed by atoms with Crippen LogP contribution in [-0.2, 0) is 21.7 Å². The minimum Gasteiger partial charge on any atom is -0.507 e. The number of hydrogen-bond acceptors (Lipinski definition) is 2. The smallest absolute Gasteiger partial charge is 0.507 e. The Labute approximate surface area is 481 Å². The van der Waals surface area contributed by atoms with E-state index in [-0.39, 0.29) is 21.7 Å². The Morgan fingerprint density at radius 2 is 0.481 bits per heavy atom. The van der Waals surface area contributed by atoms with Crippen molar-refractivity contribution in [2.45, 2.75) is 12.3 Å². The Morgan fingerprint density at radius 3 is 0.722 bits per heavy atom. The van der Waals surface area contributed by atoms with Crippen LogP contribution in [0, 0.1) is 13.3 Å². The molecule has 0 saturated heterocycles. The van der Waals surface area contributed by atoms with Gasteiger partial charge in [0.1, 0.15) is 11.5 Å². The second kappa shape index (κ2) is 27.2. The van der Waals surface area contributed by atoms with Gasteiger partial charge in [0, 0.05) is 22.3 Å². The number of phenolic OH excluding ortho intramolecular Hbond substituents is 2. The van der Waals surface area contributed by atoms with Crippen molar-refractivity contribution in [3.63, 3.8) is 0 Å². The van der Waals surface area contributed by atoms with Crippen LogP contribution in [0.1, 0.15) is 23.5 Å². The standard InChI is InChI=1S/2C30H22O.C16H16.Ti/c2*31-30-28(24-17-9-3-10-18-24)26(22-13-5-1-6-14-22)21-27(23-15-7-2-8-16-23)29(30)25-19-11-4-12-20-25;1-14(16-10-6-3-7-11-16)12-13-15-8-4-2-5-9-15;/h2*1-21,31H;2-11,13-14H,1,12H2;/q;;-2;+2. The predicted octanol–water partition coefficient (Wildman–Crippen LogP) is 20.4. The molecule has 0 spiro atoms. The van der Waals surface area contributed by atoms with Gasteiger partial charge in [0.25, 0.3) is 0 Å². The summed E-state index contributed by atoms with van der Waals surface area (Å²) in [6.07, 6.45) is 3.22. The van der Waals surface area contributed by atoms with Gasteiger partial charge in [0.05, 0.1) is 0 Å². The van der Waals surface area contributed by atoms with Crippen molar-refractivity contribution in [1.29, 1.82) is 0 Å². The summed E-state index contributed by atoms with van der Waals surface area (Å²) in [7, 11) is 0. The molecule has 0 saturated carbocycles. The van der Waals surface area contributed by atoms with Crippen LogP contribution in [0.3, 0.4) is 0 Å². The van der Waals surface area contributed by atoms with Gasteiger partial charge in [-0.25, -0.2) is 0 Å². The minimum absolute atomic E-state index is 0. The van der Waals surface area contributed by atoms with E-state index in [2.05, 4.69) is 171 Å². The first-order valence-corrected chi connectivity index (χ1v) is 26.5. The van der Waals surface area contributed by atoms with Crippen LogP contribution in [0.15, 0.2) is 315 Å². The van der Waals surface area contributed by atoms with E-state index in [1.165, 1.54) is 11.1 Å². The van der Waals surface area contributed by atoms with Gasteiger partial charge in [0.15, 0.2) is 0 Å². The van der Waals surface area contributed by atoms with Gasteiger partial charge in [-0.05, 0) is 78.9 Å². The summed E-state index contributed by atoms with van der Waals surface area (Å²) < 4.78 is 0. The van der Waals surface area contributed by atoms with E-state index in [1.54, 1.807) is 0 Å². The number of phenols is 2. The van der Waals surface area contributed by atoms with E-state index in [9.17, 15) is 10.2 Å². The van der Waals surface area contributed by atoms with E-state index in [4.69, 9.17) is 0 Å². The molecular formula is C76H60O2Ti. The molecule has 0 fully saturated rings. The maximum absolute atomic E-state index is 11.8. The van der Waals surface area contributed by atoms with Crippen molar-refractivity contribution in [3.8, 4) is 101 Å². The fourth-order valence-corrected chi connectivity index (χ4v) is 10.0. The third kappa shape index (κ3) is 13.3. The van der Waals surface area contributed by atoms with E-state index in [1.807, 2.05) is 158 Å². The molecule has 0 amide bonds. The molecule has 12 aromatic carbocycles. The number of benzene rings is 12. The fourth-order valence-electron chi connectivity index (χ4n) is 10.0. The van der Waals surface area contributed by atoms with Crippen LogP contribution >= 0.6 is 0 Å². The maximum atomic E-state index is 11.8. The van der Waals surface area contributed by atoms with E-state index in [0.717, 1.165) is 95.4 Å². The molecule has 380 valence electrons. The molecule has 0 aliphatic carbocycles. The molecule has 1 unspecified atom stereocenters. The number of aromatic hydroxyl groups is 2. The minimum atomic E-state index is 0. The van der Waals surface area contributed by atoms with Gasteiger partial charge < -0.3 is 17.1 Å². The second-order valence-electron chi connectivity index (χ2n) is 19.0. The molecule has 3 heteroatoms. The van der Waals surface area contributed by atoms with Crippen LogP contribution in [0.4, 0.5) is 0 Å². The molecule has 2 N–H and O–H groups in total. The molecule has 0 radical (unpaired) electrons. The van der Waals surface area contributed by atoms with Crippen LogP contribution in [-0.4, -0.2) is 10.2 Å². The van der Waals surface area contributed by atoms with E-state index >= 15 is 0 Å². The zero-order valence-electron chi connectivity index (χ0n) is 44.0. The molecular weight excluding hydrogens is 993 g/mol. The first kappa shape index (κ1) is 54.6. The predicted molar refractivity (Wildman–Crippen MR) is 329 cm³/mol. The molecule has 12 aromatic rings. The summed E-state index contributed by atoms with van der Waals surface area (Å²) in [5.74, 6) is 0.941. The van der Waals surface area contributed by atoms with Crippen LogP contribution in [0.2, 0.25) is 0 Å². The van der Waals surface area contributed by atoms with Crippen molar-refractivity contribution in [1.82, 2.24) is 0 Å². The quantitative estimate of drug-likeness (QED) is 0.0946. The zero-order chi connectivity index (χ0) is 53.3. The Morgan fingerprint density at radius 1 is 0.278 bits per heavy atom. The Balaban J connectivity index is 0.000000150. The zero-order valence-corrected chi connectivity index (χ0v) is 45.5. The van der Waals surface area contributed by atoms with Crippen LogP contribution < -0.4 is 0 Å².